The average Bonchev–Trinajstić information content (AvgIpc) is 2.53. The smallest absolute Gasteiger partial charge is 0.330 e. The number of rotatable bonds is 8. The van der Waals surface area contributed by atoms with Crippen LogP contribution >= 0.6 is 0 Å². The normalized spacial score (nSPS) is 13.5. The number of carboxylic acid groups (broad SMARTS) is 1. The van der Waals surface area contributed by atoms with Gasteiger partial charge < -0.3 is 15.2 Å². The number of benzene rings is 1. The Morgan fingerprint density at radius 3 is 2.14 bits per heavy atom. The van der Waals surface area contributed by atoms with Crippen LogP contribution in [0.15, 0.2) is 24.3 Å². The summed E-state index contributed by atoms with van der Waals surface area (Å²) in [6.45, 7) is 5.92. The molecule has 0 saturated carbocycles. The summed E-state index contributed by atoms with van der Waals surface area (Å²) in [5, 5.41) is 12.0. The van der Waals surface area contributed by atoms with Crippen LogP contribution in [0, 0.1) is 11.8 Å². The summed E-state index contributed by atoms with van der Waals surface area (Å²) in [7, 11) is 1.54. The third kappa shape index (κ3) is 4.48. The number of methoxy groups -OCH3 is 1. The molecule has 5 nitrogen and oxygen atoms in total. The van der Waals surface area contributed by atoms with Crippen molar-refractivity contribution < 1.29 is 19.4 Å². The molecule has 2 atom stereocenters. The second-order valence-corrected chi connectivity index (χ2v) is 5.42. The van der Waals surface area contributed by atoms with Gasteiger partial charge in [0.05, 0.1) is 7.11 Å². The van der Waals surface area contributed by atoms with E-state index in [0.29, 0.717) is 11.3 Å². The number of ether oxygens (including phenoxy) is 1. The molecule has 1 amide bonds. The van der Waals surface area contributed by atoms with E-state index >= 15 is 0 Å². The number of nitrogens with one attached hydrogen (secondary N) is 1. The lowest BCUT2D eigenvalue weighted by molar-refractivity contribution is -0.143. The van der Waals surface area contributed by atoms with E-state index in [4.69, 9.17) is 4.74 Å². The van der Waals surface area contributed by atoms with Gasteiger partial charge in [0.25, 0.3) is 0 Å². The Bertz CT molecular complexity index is 494. The molecule has 0 aliphatic rings. The number of hydrogen-bond acceptors (Lipinski definition) is 3. The van der Waals surface area contributed by atoms with Gasteiger partial charge in [-0.1, -0.05) is 45.7 Å². The summed E-state index contributed by atoms with van der Waals surface area (Å²) < 4.78 is 5.05. The Morgan fingerprint density at radius 1 is 1.18 bits per heavy atom. The molecular formula is C17H25NO4. The van der Waals surface area contributed by atoms with Gasteiger partial charge in [0.15, 0.2) is 6.04 Å². The van der Waals surface area contributed by atoms with Crippen molar-refractivity contribution in [2.75, 3.05) is 7.11 Å². The van der Waals surface area contributed by atoms with Crippen LogP contribution in [0.25, 0.3) is 0 Å². The van der Waals surface area contributed by atoms with E-state index in [2.05, 4.69) is 5.32 Å². The van der Waals surface area contributed by atoms with Crippen LogP contribution in [0.4, 0.5) is 0 Å². The molecule has 22 heavy (non-hydrogen) atoms. The Labute approximate surface area is 131 Å². The Hall–Kier alpha value is -2.04. The van der Waals surface area contributed by atoms with E-state index in [9.17, 15) is 14.7 Å². The molecule has 122 valence electrons. The lowest BCUT2D eigenvalue weighted by Crippen LogP contribution is -2.39. The van der Waals surface area contributed by atoms with Crippen LogP contribution in [0.2, 0.25) is 0 Å². The van der Waals surface area contributed by atoms with Crippen molar-refractivity contribution >= 4 is 11.9 Å². The monoisotopic (exact) mass is 307 g/mol. The van der Waals surface area contributed by atoms with Crippen molar-refractivity contribution in [2.45, 2.75) is 39.7 Å². The molecule has 0 heterocycles. The van der Waals surface area contributed by atoms with Gasteiger partial charge in [-0.15, -0.1) is 0 Å². The molecule has 0 fully saturated rings. The second kappa shape index (κ2) is 8.41. The molecule has 0 aliphatic heterocycles. The fourth-order valence-corrected chi connectivity index (χ4v) is 2.57. The highest BCUT2D eigenvalue weighted by molar-refractivity contribution is 5.85. The number of carbonyl (C=O) groups excluding carboxylic acids is 1. The highest BCUT2D eigenvalue weighted by atomic mass is 16.5. The SMILES string of the molecule is CCC(CC)C(C)C(=O)NC(C(=O)O)c1ccc(OC)cc1. The minimum atomic E-state index is -1.07. The van der Waals surface area contributed by atoms with E-state index < -0.39 is 12.0 Å². The molecule has 2 N–H and O–H groups in total. The first-order valence-electron chi connectivity index (χ1n) is 7.61. The predicted molar refractivity (Wildman–Crippen MR) is 84.7 cm³/mol. The van der Waals surface area contributed by atoms with Crippen LogP contribution in [0.3, 0.4) is 0 Å². The summed E-state index contributed by atoms with van der Waals surface area (Å²) in [6.07, 6.45) is 1.79. The summed E-state index contributed by atoms with van der Waals surface area (Å²) in [5.74, 6) is -0.614. The van der Waals surface area contributed by atoms with Crippen LogP contribution in [0.1, 0.15) is 45.2 Å². The van der Waals surface area contributed by atoms with E-state index in [-0.39, 0.29) is 17.7 Å². The molecule has 1 rings (SSSR count). The van der Waals surface area contributed by atoms with Crippen molar-refractivity contribution in [1.29, 1.82) is 0 Å². The highest BCUT2D eigenvalue weighted by Gasteiger charge is 2.27. The predicted octanol–water partition coefficient (Wildman–Crippen LogP) is 3.01. The topological polar surface area (TPSA) is 75.6 Å². The van der Waals surface area contributed by atoms with Crippen molar-refractivity contribution in [3.05, 3.63) is 29.8 Å². The minimum absolute atomic E-state index is 0.213. The largest absolute Gasteiger partial charge is 0.497 e. The van der Waals surface area contributed by atoms with Gasteiger partial charge in [0, 0.05) is 5.92 Å². The van der Waals surface area contributed by atoms with Gasteiger partial charge >= 0.3 is 5.97 Å². The number of carboxylic acids is 1. The molecule has 0 bridgehead atoms. The van der Waals surface area contributed by atoms with Crippen molar-refractivity contribution in [2.24, 2.45) is 11.8 Å². The molecule has 1 aromatic rings. The number of amides is 1. The first-order valence-corrected chi connectivity index (χ1v) is 7.61. The highest BCUT2D eigenvalue weighted by Crippen LogP contribution is 2.22. The molecule has 0 radical (unpaired) electrons. The fourth-order valence-electron chi connectivity index (χ4n) is 2.57. The zero-order valence-electron chi connectivity index (χ0n) is 13.6. The first-order chi connectivity index (χ1) is 10.4. The maximum Gasteiger partial charge on any atom is 0.330 e. The maximum absolute atomic E-state index is 12.3. The fraction of sp³-hybridized carbons (Fsp3) is 0.529. The molecule has 0 saturated heterocycles. The molecule has 2 unspecified atom stereocenters. The molecule has 1 aromatic carbocycles. The van der Waals surface area contributed by atoms with Gasteiger partial charge in [-0.25, -0.2) is 4.79 Å². The Morgan fingerprint density at radius 2 is 1.73 bits per heavy atom. The van der Waals surface area contributed by atoms with Crippen LogP contribution in [-0.2, 0) is 9.59 Å². The standard InChI is InChI=1S/C17H25NO4/c1-5-12(6-2)11(3)16(19)18-15(17(20)21)13-7-9-14(22-4)10-8-13/h7-12,15H,5-6H2,1-4H3,(H,18,19)(H,20,21). The first kappa shape index (κ1) is 18.0. The van der Waals surface area contributed by atoms with E-state index in [1.165, 1.54) is 0 Å². The van der Waals surface area contributed by atoms with Gasteiger partial charge in [-0.05, 0) is 23.6 Å². The van der Waals surface area contributed by atoms with Crippen LogP contribution in [0.5, 0.6) is 5.75 Å². The van der Waals surface area contributed by atoms with Crippen molar-refractivity contribution in [1.82, 2.24) is 5.32 Å². The van der Waals surface area contributed by atoms with E-state index in [0.717, 1.165) is 12.8 Å². The van der Waals surface area contributed by atoms with Gasteiger partial charge in [0.1, 0.15) is 5.75 Å². The summed E-state index contributed by atoms with van der Waals surface area (Å²) in [6, 6.07) is 5.62. The minimum Gasteiger partial charge on any atom is -0.497 e. The van der Waals surface area contributed by atoms with E-state index in [1.54, 1.807) is 31.4 Å². The molecule has 5 heteroatoms. The van der Waals surface area contributed by atoms with E-state index in [1.807, 2.05) is 20.8 Å². The third-order valence-electron chi connectivity index (χ3n) is 4.15. The number of aliphatic carboxylic acids is 1. The van der Waals surface area contributed by atoms with Gasteiger partial charge in [-0.2, -0.15) is 0 Å². The van der Waals surface area contributed by atoms with Gasteiger partial charge in [-0.3, -0.25) is 4.79 Å². The Kier molecular flexibility index (Phi) is 6.89. The number of hydrogen-bond donors (Lipinski definition) is 2. The Balaban J connectivity index is 2.87. The van der Waals surface area contributed by atoms with Crippen molar-refractivity contribution in [3.63, 3.8) is 0 Å². The zero-order valence-corrected chi connectivity index (χ0v) is 13.6. The molecule has 0 aliphatic carbocycles. The molecular weight excluding hydrogens is 282 g/mol. The summed E-state index contributed by atoms with van der Waals surface area (Å²) in [5.41, 5.74) is 0.526. The summed E-state index contributed by atoms with van der Waals surface area (Å²) in [4.78, 5) is 23.8. The maximum atomic E-state index is 12.3. The lowest BCUT2D eigenvalue weighted by Gasteiger charge is -2.23. The summed E-state index contributed by atoms with van der Waals surface area (Å²) >= 11 is 0. The number of carbonyl (C=O) groups is 2. The second-order valence-electron chi connectivity index (χ2n) is 5.42. The molecule has 0 aromatic heterocycles. The quantitative estimate of drug-likeness (QED) is 0.774. The van der Waals surface area contributed by atoms with Gasteiger partial charge in [0.2, 0.25) is 5.91 Å². The van der Waals surface area contributed by atoms with Crippen LogP contribution in [-0.4, -0.2) is 24.1 Å². The zero-order chi connectivity index (χ0) is 16.7. The van der Waals surface area contributed by atoms with Crippen LogP contribution < -0.4 is 10.1 Å². The molecule has 0 spiro atoms. The lowest BCUT2D eigenvalue weighted by atomic mass is 9.88. The average molecular weight is 307 g/mol. The third-order valence-corrected chi connectivity index (χ3v) is 4.15. The van der Waals surface area contributed by atoms with Crippen molar-refractivity contribution in [3.8, 4) is 5.75 Å².